The minimum Gasteiger partial charge on any atom is -0.355 e. The van der Waals surface area contributed by atoms with Crippen LogP contribution in [-0.4, -0.2) is 50.5 Å². The number of hydrogen-bond acceptors (Lipinski definition) is 4. The lowest BCUT2D eigenvalue weighted by Crippen LogP contribution is -2.53. The number of nitrogens with one attached hydrogen (secondary N) is 1. The Morgan fingerprint density at radius 3 is 2.18 bits per heavy atom. The van der Waals surface area contributed by atoms with Gasteiger partial charge in [0, 0.05) is 29.6 Å². The summed E-state index contributed by atoms with van der Waals surface area (Å²) < 4.78 is 26.8. The first-order valence-corrected chi connectivity index (χ1v) is 14.7. The second-order valence-electron chi connectivity index (χ2n) is 8.87. The monoisotopic (exact) mass is 575 g/mol. The second-order valence-corrected chi connectivity index (χ2v) is 11.6. The first-order valence-electron chi connectivity index (χ1n) is 12.1. The van der Waals surface area contributed by atoms with Gasteiger partial charge in [0.2, 0.25) is 21.8 Å². The van der Waals surface area contributed by atoms with Gasteiger partial charge in [-0.25, -0.2) is 8.42 Å². The minimum atomic E-state index is -3.88. The van der Waals surface area contributed by atoms with Crippen molar-refractivity contribution in [2.24, 2.45) is 0 Å². The number of hydrogen-bond donors (Lipinski definition) is 1. The zero-order valence-corrected chi connectivity index (χ0v) is 23.9. The van der Waals surface area contributed by atoms with E-state index in [2.05, 4.69) is 5.32 Å². The topological polar surface area (TPSA) is 86.8 Å². The summed E-state index contributed by atoms with van der Waals surface area (Å²) in [7, 11) is -3.88. The summed E-state index contributed by atoms with van der Waals surface area (Å²) in [5.74, 6) is -0.900. The Kier molecular flexibility index (Phi) is 10.2. The molecule has 0 aliphatic carbocycles. The van der Waals surface area contributed by atoms with Crippen molar-refractivity contribution in [1.82, 2.24) is 10.2 Å². The highest BCUT2D eigenvalue weighted by atomic mass is 35.5. The van der Waals surface area contributed by atoms with E-state index in [0.717, 1.165) is 16.1 Å². The van der Waals surface area contributed by atoms with Crippen LogP contribution in [0.3, 0.4) is 0 Å². The van der Waals surface area contributed by atoms with Crippen LogP contribution >= 0.6 is 23.2 Å². The molecular weight excluding hydrogens is 545 g/mol. The number of carbonyl (C=O) groups excluding carboxylic acids is 2. The van der Waals surface area contributed by atoms with Gasteiger partial charge in [-0.15, -0.1) is 0 Å². The maximum Gasteiger partial charge on any atom is 0.244 e. The predicted molar refractivity (Wildman–Crippen MR) is 153 cm³/mol. The van der Waals surface area contributed by atoms with E-state index in [1.165, 1.54) is 4.90 Å². The first-order chi connectivity index (χ1) is 18.0. The molecule has 38 heavy (non-hydrogen) atoms. The molecule has 0 aromatic heterocycles. The van der Waals surface area contributed by atoms with Crippen LogP contribution in [-0.2, 0) is 32.6 Å². The van der Waals surface area contributed by atoms with Crippen LogP contribution in [0, 0.1) is 6.92 Å². The Hall–Kier alpha value is -3.07. The van der Waals surface area contributed by atoms with Gasteiger partial charge in [0.1, 0.15) is 12.6 Å². The van der Waals surface area contributed by atoms with Crippen molar-refractivity contribution >= 4 is 50.7 Å². The Morgan fingerprint density at radius 2 is 1.55 bits per heavy atom. The normalized spacial score (nSPS) is 12.0. The molecule has 202 valence electrons. The fourth-order valence-electron chi connectivity index (χ4n) is 4.12. The van der Waals surface area contributed by atoms with Gasteiger partial charge in [-0.05, 0) is 48.7 Å². The lowest BCUT2D eigenvalue weighted by molar-refractivity contribution is -0.140. The largest absolute Gasteiger partial charge is 0.355 e. The number of amides is 2. The van der Waals surface area contributed by atoms with Gasteiger partial charge < -0.3 is 10.2 Å². The number of halogens is 2. The molecule has 0 bridgehead atoms. The number of sulfonamides is 1. The molecule has 2 amide bonds. The van der Waals surface area contributed by atoms with Crippen LogP contribution in [0.5, 0.6) is 0 Å². The third-order valence-corrected chi connectivity index (χ3v) is 8.01. The molecule has 3 rings (SSSR count). The standard InChI is InChI=1S/C28H31Cl2N3O4S/c1-4-31-28(35)26(17-21-11-6-5-7-12-21)32(18-22-13-8-9-14-24(22)30)27(34)19-33(38(3,36)37)25-16-10-15-23(29)20(25)2/h5-16,26H,4,17-19H2,1-3H3,(H,31,35)/t26-/m1/s1. The zero-order chi connectivity index (χ0) is 27.9. The average Bonchev–Trinajstić information content (AvgIpc) is 2.87. The van der Waals surface area contributed by atoms with E-state index in [4.69, 9.17) is 23.2 Å². The quantitative estimate of drug-likeness (QED) is 0.354. The van der Waals surface area contributed by atoms with E-state index < -0.39 is 28.5 Å². The molecule has 0 saturated carbocycles. The molecule has 7 nitrogen and oxygen atoms in total. The maximum absolute atomic E-state index is 14.0. The van der Waals surface area contributed by atoms with Crippen molar-refractivity contribution in [3.63, 3.8) is 0 Å². The van der Waals surface area contributed by atoms with Crippen LogP contribution in [0.1, 0.15) is 23.6 Å². The Balaban J connectivity index is 2.08. The molecule has 10 heteroatoms. The molecule has 0 heterocycles. The number of carbonyl (C=O) groups is 2. The van der Waals surface area contributed by atoms with Crippen molar-refractivity contribution in [2.75, 3.05) is 23.7 Å². The molecule has 1 N–H and O–H groups in total. The fourth-order valence-corrected chi connectivity index (χ4v) is 5.38. The van der Waals surface area contributed by atoms with Crippen molar-refractivity contribution in [3.05, 3.63) is 99.5 Å². The lowest BCUT2D eigenvalue weighted by atomic mass is 10.0. The maximum atomic E-state index is 14.0. The summed E-state index contributed by atoms with van der Waals surface area (Å²) in [6.45, 7) is 3.35. The molecule has 0 aliphatic heterocycles. The second kappa shape index (κ2) is 13.1. The van der Waals surface area contributed by atoms with E-state index in [1.54, 1.807) is 56.3 Å². The fraction of sp³-hybridized carbons (Fsp3) is 0.286. The number of anilines is 1. The van der Waals surface area contributed by atoms with Gasteiger partial charge in [-0.1, -0.05) is 77.8 Å². The average molecular weight is 577 g/mol. The highest BCUT2D eigenvalue weighted by Gasteiger charge is 2.33. The van der Waals surface area contributed by atoms with Gasteiger partial charge in [-0.3, -0.25) is 13.9 Å². The summed E-state index contributed by atoms with van der Waals surface area (Å²) in [6.07, 6.45) is 1.27. The van der Waals surface area contributed by atoms with Crippen LogP contribution in [0.4, 0.5) is 5.69 Å². The Labute approximate surface area is 234 Å². The van der Waals surface area contributed by atoms with Crippen LogP contribution < -0.4 is 9.62 Å². The van der Waals surface area contributed by atoms with Crippen molar-refractivity contribution in [3.8, 4) is 0 Å². The summed E-state index contributed by atoms with van der Waals surface area (Å²) in [5, 5.41) is 3.63. The Bertz CT molecular complexity index is 1380. The highest BCUT2D eigenvalue weighted by molar-refractivity contribution is 7.92. The summed E-state index contributed by atoms with van der Waals surface area (Å²) in [5.41, 5.74) is 2.30. The van der Waals surface area contributed by atoms with Crippen molar-refractivity contribution < 1.29 is 18.0 Å². The van der Waals surface area contributed by atoms with Gasteiger partial charge in [0.25, 0.3) is 0 Å². The SMILES string of the molecule is CCNC(=O)[C@@H](Cc1ccccc1)N(Cc1ccccc1Cl)C(=O)CN(c1cccc(Cl)c1C)S(C)(=O)=O. The Morgan fingerprint density at radius 1 is 0.921 bits per heavy atom. The summed E-state index contributed by atoms with van der Waals surface area (Å²) in [4.78, 5) is 28.7. The van der Waals surface area contributed by atoms with Gasteiger partial charge in [0.05, 0.1) is 11.9 Å². The summed E-state index contributed by atoms with van der Waals surface area (Å²) >= 11 is 12.7. The molecule has 0 spiro atoms. The molecule has 0 unspecified atom stereocenters. The van der Waals surface area contributed by atoms with E-state index in [9.17, 15) is 18.0 Å². The number of likely N-dealkylation sites (N-methyl/N-ethyl adjacent to an activating group) is 1. The minimum absolute atomic E-state index is 0.0132. The van der Waals surface area contributed by atoms with Crippen molar-refractivity contribution in [1.29, 1.82) is 0 Å². The van der Waals surface area contributed by atoms with E-state index in [0.29, 0.717) is 33.4 Å². The number of nitrogens with zero attached hydrogens (tertiary/aromatic N) is 2. The van der Waals surface area contributed by atoms with Gasteiger partial charge in [-0.2, -0.15) is 0 Å². The zero-order valence-electron chi connectivity index (χ0n) is 21.5. The molecule has 0 radical (unpaired) electrons. The first kappa shape index (κ1) is 29.5. The van der Waals surface area contributed by atoms with E-state index in [1.807, 2.05) is 30.3 Å². The third kappa shape index (κ3) is 7.49. The van der Waals surface area contributed by atoms with E-state index in [-0.39, 0.29) is 18.9 Å². The molecule has 3 aromatic rings. The molecule has 0 saturated heterocycles. The van der Waals surface area contributed by atoms with Crippen LogP contribution in [0.25, 0.3) is 0 Å². The number of rotatable bonds is 11. The predicted octanol–water partition coefficient (Wildman–Crippen LogP) is 4.84. The van der Waals surface area contributed by atoms with E-state index >= 15 is 0 Å². The molecular formula is C28H31Cl2N3O4S. The molecule has 3 aromatic carbocycles. The smallest absolute Gasteiger partial charge is 0.244 e. The van der Waals surface area contributed by atoms with Gasteiger partial charge in [0.15, 0.2) is 0 Å². The lowest BCUT2D eigenvalue weighted by Gasteiger charge is -2.34. The third-order valence-electron chi connectivity index (χ3n) is 6.11. The molecule has 0 fully saturated rings. The van der Waals surface area contributed by atoms with Crippen LogP contribution in [0.2, 0.25) is 10.0 Å². The summed E-state index contributed by atoms with van der Waals surface area (Å²) in [6, 6.07) is 20.3. The number of benzene rings is 3. The highest BCUT2D eigenvalue weighted by Crippen LogP contribution is 2.29. The van der Waals surface area contributed by atoms with Crippen LogP contribution in [0.15, 0.2) is 72.8 Å². The van der Waals surface area contributed by atoms with Crippen molar-refractivity contribution in [2.45, 2.75) is 32.9 Å². The molecule has 1 atom stereocenters. The van der Waals surface area contributed by atoms with Gasteiger partial charge >= 0.3 is 0 Å². The molecule has 0 aliphatic rings.